The van der Waals surface area contributed by atoms with Crippen LogP contribution in [0.1, 0.15) is 75.7 Å². The second kappa shape index (κ2) is 9.07. The number of carbonyl (C=O) groups excluding carboxylic acids is 1. The molecule has 1 saturated carbocycles. The van der Waals surface area contributed by atoms with Crippen molar-refractivity contribution in [3.05, 3.63) is 65.2 Å². The molecule has 0 spiro atoms. The Morgan fingerprint density at radius 1 is 1.27 bits per heavy atom. The zero-order valence-electron chi connectivity index (χ0n) is 19.3. The number of aliphatic hydroxyl groups is 1. The van der Waals surface area contributed by atoms with Crippen molar-refractivity contribution in [3.63, 3.8) is 0 Å². The maximum absolute atomic E-state index is 14.2. The second-order valence-electron chi connectivity index (χ2n) is 9.71. The molecule has 1 aliphatic carbocycles. The van der Waals surface area contributed by atoms with Gasteiger partial charge in [0.05, 0.1) is 22.2 Å². The van der Waals surface area contributed by atoms with E-state index in [1.54, 1.807) is 13.0 Å². The summed E-state index contributed by atoms with van der Waals surface area (Å²) in [7, 11) is 0. The van der Waals surface area contributed by atoms with Gasteiger partial charge in [0.25, 0.3) is 0 Å². The molecular weight excluding hydrogens is 417 g/mol. The molecule has 4 rings (SSSR count). The number of hydrogen-bond donors (Lipinski definition) is 1. The number of aryl methyl sites for hydroxylation is 1. The molecule has 1 fully saturated rings. The molecule has 0 saturated heterocycles. The zero-order valence-corrected chi connectivity index (χ0v) is 19.3. The monoisotopic (exact) mass is 447 g/mol. The van der Waals surface area contributed by atoms with E-state index in [-0.39, 0.29) is 23.3 Å². The van der Waals surface area contributed by atoms with Crippen molar-refractivity contribution in [1.82, 2.24) is 9.55 Å². The lowest BCUT2D eigenvalue weighted by atomic mass is 9.78. The van der Waals surface area contributed by atoms with Crippen molar-refractivity contribution >= 4 is 16.8 Å². The van der Waals surface area contributed by atoms with E-state index in [9.17, 15) is 19.6 Å². The third-order valence-corrected chi connectivity index (χ3v) is 6.95. The van der Waals surface area contributed by atoms with Gasteiger partial charge in [-0.25, -0.2) is 9.37 Å². The smallest absolute Gasteiger partial charge is 0.143 e. The summed E-state index contributed by atoms with van der Waals surface area (Å²) in [6.07, 6.45) is 5.81. The molecule has 172 valence electrons. The highest BCUT2D eigenvalue weighted by Crippen LogP contribution is 2.42. The Kier molecular flexibility index (Phi) is 6.36. The van der Waals surface area contributed by atoms with Gasteiger partial charge >= 0.3 is 0 Å². The standard InChI is InChI=1S/C27H30FN3O2/c1-26(13-8-14-26)31-24-15-19(18-29)22(28)16-23(24)30-25(31)12-7-6-11-21(32)17-27(2,33)20-9-4-3-5-10-20/h3-5,9-10,15-16,33H,6-8,11-14,17H2,1-2H3/t27-/m1/s1. The number of carbonyl (C=O) groups is 1. The van der Waals surface area contributed by atoms with Gasteiger partial charge in [-0.1, -0.05) is 30.3 Å². The maximum Gasteiger partial charge on any atom is 0.143 e. The van der Waals surface area contributed by atoms with Crippen molar-refractivity contribution < 1.29 is 14.3 Å². The fourth-order valence-corrected chi connectivity index (χ4v) is 4.89. The number of ketones is 1. The first-order chi connectivity index (χ1) is 15.7. The number of nitrogens with zero attached hydrogens (tertiary/aromatic N) is 3. The molecule has 2 aromatic carbocycles. The Morgan fingerprint density at radius 3 is 2.64 bits per heavy atom. The summed E-state index contributed by atoms with van der Waals surface area (Å²) in [6.45, 7) is 3.86. The Bertz CT molecular complexity index is 1200. The Labute approximate surface area is 193 Å². The van der Waals surface area contributed by atoms with Gasteiger partial charge in [-0.3, -0.25) is 4.79 Å². The maximum atomic E-state index is 14.2. The van der Waals surface area contributed by atoms with Crippen molar-refractivity contribution in [1.29, 1.82) is 5.26 Å². The molecule has 0 unspecified atom stereocenters. The molecule has 3 aromatic rings. The number of hydrogen-bond acceptors (Lipinski definition) is 4. The van der Waals surface area contributed by atoms with Gasteiger partial charge in [0.15, 0.2) is 0 Å². The van der Waals surface area contributed by atoms with Gasteiger partial charge in [-0.15, -0.1) is 0 Å². The number of fused-ring (bicyclic) bond motifs is 1. The number of imidazole rings is 1. The first kappa shape index (κ1) is 23.1. The van der Waals surface area contributed by atoms with Gasteiger partial charge in [-0.05, 0) is 57.6 Å². The van der Waals surface area contributed by atoms with E-state index < -0.39 is 11.4 Å². The minimum atomic E-state index is -1.17. The highest BCUT2D eigenvalue weighted by Gasteiger charge is 2.36. The molecule has 1 aromatic heterocycles. The molecule has 1 aliphatic rings. The fraction of sp³-hybridized carbons (Fsp3) is 0.444. The minimum absolute atomic E-state index is 0.0315. The van der Waals surface area contributed by atoms with Gasteiger partial charge in [0, 0.05) is 30.9 Å². The molecule has 5 nitrogen and oxygen atoms in total. The van der Waals surface area contributed by atoms with Crippen LogP contribution in [-0.2, 0) is 22.4 Å². The summed E-state index contributed by atoms with van der Waals surface area (Å²) in [5.74, 6) is 0.366. The fourth-order valence-electron chi connectivity index (χ4n) is 4.89. The van der Waals surface area contributed by atoms with Crippen LogP contribution in [0, 0.1) is 17.1 Å². The molecule has 33 heavy (non-hydrogen) atoms. The number of aromatic nitrogens is 2. The van der Waals surface area contributed by atoms with Crippen LogP contribution in [0.15, 0.2) is 42.5 Å². The average molecular weight is 448 g/mol. The number of nitriles is 1. The van der Waals surface area contributed by atoms with Crippen LogP contribution < -0.4 is 0 Å². The lowest BCUT2D eigenvalue weighted by Crippen LogP contribution is -2.38. The third kappa shape index (κ3) is 4.69. The lowest BCUT2D eigenvalue weighted by Gasteiger charge is -2.41. The highest BCUT2D eigenvalue weighted by atomic mass is 19.1. The Hall–Kier alpha value is -3.04. The number of Topliss-reactive ketones (excluding diaryl/α,β-unsaturated/α-hetero) is 1. The van der Waals surface area contributed by atoms with E-state index >= 15 is 0 Å². The molecule has 1 atom stereocenters. The summed E-state index contributed by atoms with van der Waals surface area (Å²) in [5, 5.41) is 20.0. The lowest BCUT2D eigenvalue weighted by molar-refractivity contribution is -0.123. The van der Waals surface area contributed by atoms with Crippen molar-refractivity contribution in [3.8, 4) is 6.07 Å². The van der Waals surface area contributed by atoms with Gasteiger partial charge < -0.3 is 9.67 Å². The van der Waals surface area contributed by atoms with Crippen LogP contribution in [0.3, 0.4) is 0 Å². The first-order valence-electron chi connectivity index (χ1n) is 11.6. The summed E-state index contributed by atoms with van der Waals surface area (Å²) in [5.41, 5.74) is 0.913. The summed E-state index contributed by atoms with van der Waals surface area (Å²) < 4.78 is 16.4. The van der Waals surface area contributed by atoms with Gasteiger partial charge in [-0.2, -0.15) is 5.26 Å². The molecule has 0 radical (unpaired) electrons. The molecular formula is C27H30FN3O2. The van der Waals surface area contributed by atoms with Crippen LogP contribution >= 0.6 is 0 Å². The largest absolute Gasteiger partial charge is 0.385 e. The van der Waals surface area contributed by atoms with Crippen molar-refractivity contribution in [2.24, 2.45) is 0 Å². The van der Waals surface area contributed by atoms with Gasteiger partial charge in [0.1, 0.15) is 23.5 Å². The zero-order chi connectivity index (χ0) is 23.6. The molecule has 1 N–H and O–H groups in total. The summed E-state index contributed by atoms with van der Waals surface area (Å²) in [4.78, 5) is 17.2. The Balaban J connectivity index is 1.43. The van der Waals surface area contributed by atoms with Crippen LogP contribution in [0.5, 0.6) is 0 Å². The SMILES string of the molecule is CC1(n2c(CCCCC(=O)C[C@@](C)(O)c3ccccc3)nc3cc(F)c(C#N)cc32)CCC1. The van der Waals surface area contributed by atoms with E-state index in [4.69, 9.17) is 4.98 Å². The number of benzene rings is 2. The quantitative estimate of drug-likeness (QED) is 0.438. The highest BCUT2D eigenvalue weighted by molar-refractivity contribution is 5.80. The first-order valence-corrected chi connectivity index (χ1v) is 11.6. The topological polar surface area (TPSA) is 78.9 Å². The van der Waals surface area contributed by atoms with E-state index in [2.05, 4.69) is 11.5 Å². The van der Waals surface area contributed by atoms with Crippen LogP contribution in [0.4, 0.5) is 4.39 Å². The predicted octanol–water partition coefficient (Wildman–Crippen LogP) is 5.53. The van der Waals surface area contributed by atoms with E-state index in [1.807, 2.05) is 36.4 Å². The van der Waals surface area contributed by atoms with E-state index in [0.717, 1.165) is 42.6 Å². The number of rotatable bonds is 9. The third-order valence-electron chi connectivity index (χ3n) is 6.95. The molecule has 0 bridgehead atoms. The number of halogens is 1. The van der Waals surface area contributed by atoms with Crippen LogP contribution in [0.2, 0.25) is 0 Å². The molecule has 0 aliphatic heterocycles. The predicted molar refractivity (Wildman–Crippen MR) is 125 cm³/mol. The van der Waals surface area contributed by atoms with Crippen LogP contribution in [-0.4, -0.2) is 20.4 Å². The molecule has 1 heterocycles. The Morgan fingerprint density at radius 2 is 2.00 bits per heavy atom. The number of unbranched alkanes of at least 4 members (excludes halogenated alkanes) is 1. The van der Waals surface area contributed by atoms with Crippen molar-refractivity contribution in [2.75, 3.05) is 0 Å². The van der Waals surface area contributed by atoms with Crippen molar-refractivity contribution in [2.45, 2.75) is 76.4 Å². The summed E-state index contributed by atoms with van der Waals surface area (Å²) >= 11 is 0. The molecule has 0 amide bonds. The molecule has 6 heteroatoms. The minimum Gasteiger partial charge on any atom is -0.385 e. The van der Waals surface area contributed by atoms with Crippen LogP contribution in [0.25, 0.3) is 11.0 Å². The second-order valence-corrected chi connectivity index (χ2v) is 9.71. The summed E-state index contributed by atoms with van der Waals surface area (Å²) in [6, 6.07) is 14.2. The normalized spacial score (nSPS) is 16.7. The van der Waals surface area contributed by atoms with E-state index in [1.165, 1.54) is 6.07 Å². The van der Waals surface area contributed by atoms with E-state index in [0.29, 0.717) is 24.8 Å². The average Bonchev–Trinajstić information content (AvgIpc) is 3.12. The van der Waals surface area contributed by atoms with Gasteiger partial charge in [0.2, 0.25) is 0 Å².